The monoisotopic (exact) mass is 280 g/mol. The van der Waals surface area contributed by atoms with Gasteiger partial charge >= 0.3 is 5.97 Å². The van der Waals surface area contributed by atoms with E-state index in [1.165, 1.54) is 19.0 Å². The molecule has 0 unspecified atom stereocenters. The largest absolute Gasteiger partial charge is 0.480 e. The van der Waals surface area contributed by atoms with E-state index in [1.807, 2.05) is 0 Å². The first kappa shape index (κ1) is 14.5. The highest BCUT2D eigenvalue weighted by molar-refractivity contribution is 5.91. The van der Waals surface area contributed by atoms with Gasteiger partial charge in [-0.15, -0.1) is 5.10 Å². The summed E-state index contributed by atoms with van der Waals surface area (Å²) in [6.07, 6.45) is 6.08. The molecule has 0 spiro atoms. The lowest BCUT2D eigenvalue weighted by Gasteiger charge is -2.26. The summed E-state index contributed by atoms with van der Waals surface area (Å²) < 4.78 is 1.14. The summed E-state index contributed by atoms with van der Waals surface area (Å²) in [6.45, 7) is 2.62. The minimum Gasteiger partial charge on any atom is -0.480 e. The van der Waals surface area contributed by atoms with Crippen LogP contribution < -0.4 is 5.32 Å². The topological polar surface area (TPSA) is 97.1 Å². The van der Waals surface area contributed by atoms with Crippen molar-refractivity contribution in [1.29, 1.82) is 0 Å². The summed E-state index contributed by atoms with van der Waals surface area (Å²) in [5.74, 6) is 0.0144. The van der Waals surface area contributed by atoms with Crippen molar-refractivity contribution in [2.45, 2.75) is 39.2 Å². The Hall–Kier alpha value is -1.92. The van der Waals surface area contributed by atoms with E-state index in [9.17, 15) is 9.59 Å². The predicted octanol–water partition coefficient (Wildman–Crippen LogP) is 0.919. The molecule has 0 aliphatic heterocycles. The van der Waals surface area contributed by atoms with Gasteiger partial charge in [0.1, 0.15) is 6.54 Å². The van der Waals surface area contributed by atoms with Gasteiger partial charge in [0.15, 0.2) is 5.69 Å². The lowest BCUT2D eigenvalue weighted by molar-refractivity contribution is -0.137. The highest BCUT2D eigenvalue weighted by Crippen LogP contribution is 2.27. The van der Waals surface area contributed by atoms with E-state index in [-0.39, 0.29) is 18.1 Å². The number of amides is 1. The van der Waals surface area contributed by atoms with Crippen LogP contribution in [-0.4, -0.2) is 38.5 Å². The maximum Gasteiger partial charge on any atom is 0.325 e. The quantitative estimate of drug-likeness (QED) is 0.836. The van der Waals surface area contributed by atoms with E-state index in [4.69, 9.17) is 5.11 Å². The van der Waals surface area contributed by atoms with E-state index in [0.29, 0.717) is 12.5 Å². The number of carboxylic acid groups (broad SMARTS) is 1. The summed E-state index contributed by atoms with van der Waals surface area (Å²) in [7, 11) is 0. The predicted molar refractivity (Wildman–Crippen MR) is 71.1 cm³/mol. The highest BCUT2D eigenvalue weighted by Gasteiger charge is 2.19. The van der Waals surface area contributed by atoms with Gasteiger partial charge in [0.25, 0.3) is 5.91 Å². The molecule has 0 saturated heterocycles. The van der Waals surface area contributed by atoms with E-state index < -0.39 is 5.97 Å². The third-order valence-corrected chi connectivity index (χ3v) is 3.76. The molecule has 0 radical (unpaired) electrons. The number of hydrogen-bond donors (Lipinski definition) is 2. The second kappa shape index (κ2) is 6.49. The molecule has 0 bridgehead atoms. The van der Waals surface area contributed by atoms with Crippen LogP contribution in [0.3, 0.4) is 0 Å². The van der Waals surface area contributed by atoms with Gasteiger partial charge in [0, 0.05) is 6.54 Å². The summed E-state index contributed by atoms with van der Waals surface area (Å²) in [6, 6.07) is 0. The molecular weight excluding hydrogens is 260 g/mol. The summed E-state index contributed by atoms with van der Waals surface area (Å²) in [5, 5.41) is 18.8. The fourth-order valence-electron chi connectivity index (χ4n) is 2.48. The van der Waals surface area contributed by atoms with Crippen LogP contribution in [0, 0.1) is 11.8 Å². The van der Waals surface area contributed by atoms with Crippen molar-refractivity contribution < 1.29 is 14.7 Å². The molecule has 1 saturated carbocycles. The number of carbonyl (C=O) groups is 2. The normalized spacial score (nSPS) is 22.4. The maximum atomic E-state index is 11.9. The number of rotatable bonds is 5. The molecule has 1 aromatic rings. The van der Waals surface area contributed by atoms with Gasteiger partial charge in [-0.25, -0.2) is 4.68 Å². The Morgan fingerprint density at radius 3 is 2.75 bits per heavy atom. The van der Waals surface area contributed by atoms with Gasteiger partial charge in [-0.2, -0.15) is 0 Å². The lowest BCUT2D eigenvalue weighted by atomic mass is 9.83. The van der Waals surface area contributed by atoms with Crippen molar-refractivity contribution in [3.8, 4) is 0 Å². The van der Waals surface area contributed by atoms with E-state index in [2.05, 4.69) is 22.6 Å². The molecule has 1 aliphatic rings. The third-order valence-electron chi connectivity index (χ3n) is 3.76. The molecule has 7 nitrogen and oxygen atoms in total. The standard InChI is InChI=1S/C13H20N4O3/c1-9-2-4-10(5-3-9)6-14-13(20)11-7-17(16-15-11)8-12(18)19/h7,9-10H,2-6,8H2,1H3,(H,14,20)(H,18,19). The zero-order chi connectivity index (χ0) is 14.5. The zero-order valence-electron chi connectivity index (χ0n) is 11.6. The molecule has 20 heavy (non-hydrogen) atoms. The minimum atomic E-state index is -1.02. The molecule has 2 rings (SSSR count). The van der Waals surface area contributed by atoms with Crippen molar-refractivity contribution in [2.24, 2.45) is 11.8 Å². The van der Waals surface area contributed by atoms with Crippen LogP contribution in [0.2, 0.25) is 0 Å². The number of nitrogens with zero attached hydrogens (tertiary/aromatic N) is 3. The van der Waals surface area contributed by atoms with Crippen LogP contribution in [0.15, 0.2) is 6.20 Å². The van der Waals surface area contributed by atoms with Gasteiger partial charge in [-0.3, -0.25) is 9.59 Å². The van der Waals surface area contributed by atoms with Crippen molar-refractivity contribution >= 4 is 11.9 Å². The molecule has 1 aliphatic carbocycles. The van der Waals surface area contributed by atoms with Crippen molar-refractivity contribution in [3.05, 3.63) is 11.9 Å². The first-order valence-electron chi connectivity index (χ1n) is 6.94. The van der Waals surface area contributed by atoms with Crippen molar-refractivity contribution in [1.82, 2.24) is 20.3 Å². The Morgan fingerprint density at radius 2 is 2.10 bits per heavy atom. The molecule has 2 N–H and O–H groups in total. The van der Waals surface area contributed by atoms with Crippen molar-refractivity contribution in [3.63, 3.8) is 0 Å². The minimum absolute atomic E-state index is 0.162. The SMILES string of the molecule is CC1CCC(CNC(=O)c2cn(CC(=O)O)nn2)CC1. The highest BCUT2D eigenvalue weighted by atomic mass is 16.4. The number of nitrogens with one attached hydrogen (secondary N) is 1. The Bertz CT molecular complexity index is 478. The van der Waals surface area contributed by atoms with Crippen LogP contribution >= 0.6 is 0 Å². The second-order valence-electron chi connectivity index (χ2n) is 5.53. The van der Waals surface area contributed by atoms with Crippen LogP contribution in [0.4, 0.5) is 0 Å². The fraction of sp³-hybridized carbons (Fsp3) is 0.692. The summed E-state index contributed by atoms with van der Waals surface area (Å²) >= 11 is 0. The van der Waals surface area contributed by atoms with Crippen LogP contribution in [-0.2, 0) is 11.3 Å². The van der Waals surface area contributed by atoms with E-state index in [1.54, 1.807) is 0 Å². The summed E-state index contributed by atoms with van der Waals surface area (Å²) in [5.41, 5.74) is 0.162. The van der Waals surface area contributed by atoms with Crippen LogP contribution in [0.1, 0.15) is 43.1 Å². The molecule has 1 amide bonds. The van der Waals surface area contributed by atoms with Gasteiger partial charge < -0.3 is 10.4 Å². The molecule has 7 heteroatoms. The summed E-state index contributed by atoms with van der Waals surface area (Å²) in [4.78, 5) is 22.4. The molecule has 1 heterocycles. The number of carboxylic acids is 1. The first-order valence-corrected chi connectivity index (χ1v) is 6.94. The third kappa shape index (κ3) is 4.04. The Balaban J connectivity index is 1.79. The van der Waals surface area contributed by atoms with Gasteiger partial charge in [-0.1, -0.05) is 25.0 Å². The van der Waals surface area contributed by atoms with Crippen LogP contribution in [0.25, 0.3) is 0 Å². The molecule has 1 aromatic heterocycles. The molecule has 110 valence electrons. The number of aliphatic carboxylic acids is 1. The Labute approximate surface area is 117 Å². The van der Waals surface area contributed by atoms with Crippen LogP contribution in [0.5, 0.6) is 0 Å². The molecule has 0 aromatic carbocycles. The average molecular weight is 280 g/mol. The maximum absolute atomic E-state index is 11.9. The van der Waals surface area contributed by atoms with E-state index >= 15 is 0 Å². The van der Waals surface area contributed by atoms with E-state index in [0.717, 1.165) is 23.4 Å². The zero-order valence-corrected chi connectivity index (χ0v) is 11.6. The van der Waals surface area contributed by atoms with Gasteiger partial charge in [-0.05, 0) is 24.7 Å². The molecule has 1 fully saturated rings. The lowest BCUT2D eigenvalue weighted by Crippen LogP contribution is -2.31. The number of aromatic nitrogens is 3. The second-order valence-corrected chi connectivity index (χ2v) is 5.53. The van der Waals surface area contributed by atoms with Gasteiger partial charge in [0.2, 0.25) is 0 Å². The Morgan fingerprint density at radius 1 is 1.40 bits per heavy atom. The number of hydrogen-bond acceptors (Lipinski definition) is 4. The molecule has 0 atom stereocenters. The smallest absolute Gasteiger partial charge is 0.325 e. The van der Waals surface area contributed by atoms with Crippen molar-refractivity contribution in [2.75, 3.05) is 6.54 Å². The van der Waals surface area contributed by atoms with Gasteiger partial charge in [0.05, 0.1) is 6.20 Å². The number of carbonyl (C=O) groups excluding carboxylic acids is 1. The Kier molecular flexibility index (Phi) is 4.70. The molecular formula is C13H20N4O3. The fourth-order valence-corrected chi connectivity index (χ4v) is 2.48. The average Bonchev–Trinajstić information content (AvgIpc) is 2.85. The first-order chi connectivity index (χ1) is 9.54.